The molecule has 0 aromatic heterocycles. The normalized spacial score (nSPS) is 12.1. The highest BCUT2D eigenvalue weighted by Gasteiger charge is 2.24. The lowest BCUT2D eigenvalue weighted by Gasteiger charge is -2.22. The fraction of sp³-hybridized carbons (Fsp3) is 0.529. The summed E-state index contributed by atoms with van der Waals surface area (Å²) >= 11 is 0. The summed E-state index contributed by atoms with van der Waals surface area (Å²) in [6.45, 7) is 7.84. The second-order valence-corrected chi connectivity index (χ2v) is 5.85. The molecule has 0 saturated heterocycles. The van der Waals surface area contributed by atoms with Crippen molar-refractivity contribution in [3.8, 4) is 0 Å². The van der Waals surface area contributed by atoms with Gasteiger partial charge in [-0.2, -0.15) is 0 Å². The van der Waals surface area contributed by atoms with Crippen LogP contribution in [0.4, 0.5) is 4.79 Å². The van der Waals surface area contributed by atoms with Crippen molar-refractivity contribution in [3.05, 3.63) is 35.9 Å². The SMILES string of the molecule is CC(C)OC(=O)NC(C(=O)NCCc1ccccc1)C(C)C. The van der Waals surface area contributed by atoms with Gasteiger partial charge >= 0.3 is 6.09 Å². The predicted molar refractivity (Wildman–Crippen MR) is 86.5 cm³/mol. The monoisotopic (exact) mass is 306 g/mol. The smallest absolute Gasteiger partial charge is 0.408 e. The van der Waals surface area contributed by atoms with E-state index >= 15 is 0 Å². The van der Waals surface area contributed by atoms with E-state index in [9.17, 15) is 9.59 Å². The number of hydrogen-bond donors (Lipinski definition) is 2. The van der Waals surface area contributed by atoms with Crippen molar-refractivity contribution in [2.75, 3.05) is 6.54 Å². The summed E-state index contributed by atoms with van der Waals surface area (Å²) in [6, 6.07) is 9.34. The Kier molecular flexibility index (Phi) is 7.43. The van der Waals surface area contributed by atoms with Gasteiger partial charge in [-0.25, -0.2) is 4.79 Å². The van der Waals surface area contributed by atoms with Gasteiger partial charge in [0.15, 0.2) is 0 Å². The van der Waals surface area contributed by atoms with Gasteiger partial charge in [-0.3, -0.25) is 4.79 Å². The number of carbonyl (C=O) groups is 2. The van der Waals surface area contributed by atoms with Crippen LogP contribution in [0.5, 0.6) is 0 Å². The van der Waals surface area contributed by atoms with E-state index in [0.29, 0.717) is 6.54 Å². The fourth-order valence-electron chi connectivity index (χ4n) is 1.99. The van der Waals surface area contributed by atoms with Crippen LogP contribution in [0.25, 0.3) is 0 Å². The number of amides is 2. The van der Waals surface area contributed by atoms with Crippen molar-refractivity contribution in [3.63, 3.8) is 0 Å². The standard InChI is InChI=1S/C17H26N2O3/c1-12(2)15(19-17(21)22-13(3)4)16(20)18-11-10-14-8-6-5-7-9-14/h5-9,12-13,15H,10-11H2,1-4H3,(H,18,20)(H,19,21). The van der Waals surface area contributed by atoms with Crippen molar-refractivity contribution in [2.24, 2.45) is 5.92 Å². The average Bonchev–Trinajstić information content (AvgIpc) is 2.44. The molecule has 0 aliphatic carbocycles. The molecule has 5 nitrogen and oxygen atoms in total. The van der Waals surface area contributed by atoms with E-state index in [1.807, 2.05) is 44.2 Å². The molecule has 0 spiro atoms. The number of hydrogen-bond acceptors (Lipinski definition) is 3. The van der Waals surface area contributed by atoms with E-state index in [-0.39, 0.29) is 17.9 Å². The molecule has 1 unspecified atom stereocenters. The van der Waals surface area contributed by atoms with Crippen molar-refractivity contribution in [1.29, 1.82) is 0 Å². The first-order valence-electron chi connectivity index (χ1n) is 7.69. The van der Waals surface area contributed by atoms with Gasteiger partial charge in [0.1, 0.15) is 6.04 Å². The molecule has 0 fully saturated rings. The van der Waals surface area contributed by atoms with Crippen LogP contribution in [0.2, 0.25) is 0 Å². The van der Waals surface area contributed by atoms with Crippen LogP contribution < -0.4 is 10.6 Å². The highest BCUT2D eigenvalue weighted by Crippen LogP contribution is 2.04. The first kappa shape index (κ1) is 18.0. The fourth-order valence-corrected chi connectivity index (χ4v) is 1.99. The summed E-state index contributed by atoms with van der Waals surface area (Å²) < 4.78 is 5.02. The first-order valence-corrected chi connectivity index (χ1v) is 7.69. The molecule has 1 aromatic carbocycles. The third-order valence-electron chi connectivity index (χ3n) is 3.12. The van der Waals surface area contributed by atoms with E-state index in [4.69, 9.17) is 4.74 Å². The van der Waals surface area contributed by atoms with Gasteiger partial charge in [-0.15, -0.1) is 0 Å². The molecule has 22 heavy (non-hydrogen) atoms. The molecule has 2 N–H and O–H groups in total. The number of rotatable bonds is 7. The first-order chi connectivity index (χ1) is 10.4. The Morgan fingerprint density at radius 2 is 1.73 bits per heavy atom. The Morgan fingerprint density at radius 3 is 2.27 bits per heavy atom. The van der Waals surface area contributed by atoms with E-state index in [0.717, 1.165) is 12.0 Å². The Hall–Kier alpha value is -2.04. The molecule has 1 rings (SSSR count). The second kappa shape index (κ2) is 9.07. The van der Waals surface area contributed by atoms with Gasteiger partial charge < -0.3 is 15.4 Å². The van der Waals surface area contributed by atoms with Gasteiger partial charge in [-0.05, 0) is 31.7 Å². The molecule has 0 aliphatic heterocycles. The van der Waals surface area contributed by atoms with E-state index in [1.54, 1.807) is 13.8 Å². The molecule has 0 bridgehead atoms. The molecule has 1 aromatic rings. The number of alkyl carbamates (subject to hydrolysis) is 1. The minimum atomic E-state index is -0.595. The van der Waals surface area contributed by atoms with Crippen LogP contribution in [0, 0.1) is 5.92 Å². The molecule has 122 valence electrons. The summed E-state index contributed by atoms with van der Waals surface area (Å²) in [4.78, 5) is 23.9. The maximum Gasteiger partial charge on any atom is 0.408 e. The van der Waals surface area contributed by atoms with Crippen LogP contribution in [0.15, 0.2) is 30.3 Å². The zero-order chi connectivity index (χ0) is 16.5. The van der Waals surface area contributed by atoms with Gasteiger partial charge in [0, 0.05) is 6.54 Å². The summed E-state index contributed by atoms with van der Waals surface area (Å²) in [5.74, 6) is -0.205. The summed E-state index contributed by atoms with van der Waals surface area (Å²) in [6.07, 6.45) is -0.0192. The lowest BCUT2D eigenvalue weighted by molar-refractivity contribution is -0.124. The van der Waals surface area contributed by atoms with Crippen molar-refractivity contribution in [1.82, 2.24) is 10.6 Å². The Bertz CT molecular complexity index is 472. The number of carbonyl (C=O) groups excluding carboxylic acids is 2. The summed E-state index contributed by atoms with van der Waals surface area (Å²) in [5, 5.41) is 5.49. The lowest BCUT2D eigenvalue weighted by atomic mass is 10.0. The third-order valence-corrected chi connectivity index (χ3v) is 3.12. The predicted octanol–water partition coefficient (Wildman–Crippen LogP) is 2.50. The molecular formula is C17H26N2O3. The van der Waals surface area contributed by atoms with Crippen LogP contribution in [0.1, 0.15) is 33.3 Å². The van der Waals surface area contributed by atoms with Crippen LogP contribution in [0.3, 0.4) is 0 Å². The van der Waals surface area contributed by atoms with Gasteiger partial charge in [0.25, 0.3) is 0 Å². The number of benzene rings is 1. The van der Waals surface area contributed by atoms with Gasteiger partial charge in [0.2, 0.25) is 5.91 Å². The Labute approximate surface area is 132 Å². The van der Waals surface area contributed by atoms with Crippen molar-refractivity contribution in [2.45, 2.75) is 46.3 Å². The summed E-state index contributed by atoms with van der Waals surface area (Å²) in [5.41, 5.74) is 1.16. The summed E-state index contributed by atoms with van der Waals surface area (Å²) in [7, 11) is 0. The molecule has 0 heterocycles. The molecular weight excluding hydrogens is 280 g/mol. The lowest BCUT2D eigenvalue weighted by Crippen LogP contribution is -2.50. The maximum atomic E-state index is 12.2. The molecule has 5 heteroatoms. The maximum absolute atomic E-state index is 12.2. The number of ether oxygens (including phenoxy) is 1. The zero-order valence-electron chi connectivity index (χ0n) is 13.8. The second-order valence-electron chi connectivity index (χ2n) is 5.85. The third kappa shape index (κ3) is 6.61. The minimum Gasteiger partial charge on any atom is -0.447 e. The van der Waals surface area contributed by atoms with E-state index < -0.39 is 12.1 Å². The Morgan fingerprint density at radius 1 is 1.09 bits per heavy atom. The van der Waals surface area contributed by atoms with Crippen LogP contribution >= 0.6 is 0 Å². The molecule has 1 atom stereocenters. The molecule has 0 radical (unpaired) electrons. The van der Waals surface area contributed by atoms with Gasteiger partial charge in [0.05, 0.1) is 6.10 Å². The van der Waals surface area contributed by atoms with Crippen LogP contribution in [-0.2, 0) is 16.0 Å². The average molecular weight is 306 g/mol. The molecule has 2 amide bonds. The largest absolute Gasteiger partial charge is 0.447 e. The number of nitrogens with one attached hydrogen (secondary N) is 2. The van der Waals surface area contributed by atoms with E-state index in [2.05, 4.69) is 10.6 Å². The molecule has 0 aliphatic rings. The minimum absolute atomic E-state index is 0.0172. The Balaban J connectivity index is 2.46. The van der Waals surface area contributed by atoms with E-state index in [1.165, 1.54) is 0 Å². The quantitative estimate of drug-likeness (QED) is 0.813. The van der Waals surface area contributed by atoms with Crippen molar-refractivity contribution < 1.29 is 14.3 Å². The molecule has 0 saturated carbocycles. The zero-order valence-corrected chi connectivity index (χ0v) is 13.8. The van der Waals surface area contributed by atoms with Gasteiger partial charge in [-0.1, -0.05) is 44.2 Å². The highest BCUT2D eigenvalue weighted by molar-refractivity contribution is 5.85. The topological polar surface area (TPSA) is 67.4 Å². The van der Waals surface area contributed by atoms with Crippen LogP contribution in [-0.4, -0.2) is 30.7 Å². The van der Waals surface area contributed by atoms with Crippen molar-refractivity contribution >= 4 is 12.0 Å². The highest BCUT2D eigenvalue weighted by atomic mass is 16.6.